The maximum atomic E-state index is 5.64. The molecule has 1 aliphatic rings. The van der Waals surface area contributed by atoms with Crippen molar-refractivity contribution in [1.82, 2.24) is 4.90 Å². The van der Waals surface area contributed by atoms with Crippen LogP contribution in [0.4, 0.5) is 0 Å². The molecule has 22 heavy (non-hydrogen) atoms. The Balaban J connectivity index is 0.00000220. The first-order valence-corrected chi connectivity index (χ1v) is 7.40. The standard InChI is InChI=1S/C16H26N2O2.2ClH/c1-19-15-3-4-16(20-2)14(11-15)12-18-9-6-13(5-8-17)7-10-18;;/h3-4,11,13H,5-10,12,17H2,1-2H3;2*1H. The Labute approximate surface area is 146 Å². The van der Waals surface area contributed by atoms with Crippen molar-refractivity contribution in [3.05, 3.63) is 23.8 Å². The van der Waals surface area contributed by atoms with E-state index in [4.69, 9.17) is 15.2 Å². The van der Waals surface area contributed by atoms with Gasteiger partial charge in [-0.15, -0.1) is 24.8 Å². The molecule has 0 amide bonds. The molecule has 1 aromatic rings. The molecule has 1 aliphatic heterocycles. The van der Waals surface area contributed by atoms with E-state index in [1.165, 1.54) is 18.4 Å². The zero-order valence-electron chi connectivity index (χ0n) is 13.4. The number of ether oxygens (including phenoxy) is 2. The molecule has 1 aromatic carbocycles. The molecule has 0 atom stereocenters. The average molecular weight is 351 g/mol. The molecule has 0 radical (unpaired) electrons. The summed E-state index contributed by atoms with van der Waals surface area (Å²) >= 11 is 0. The molecule has 0 saturated carbocycles. The van der Waals surface area contributed by atoms with E-state index in [0.29, 0.717) is 0 Å². The van der Waals surface area contributed by atoms with Gasteiger partial charge in [-0.2, -0.15) is 0 Å². The minimum Gasteiger partial charge on any atom is -0.497 e. The van der Waals surface area contributed by atoms with Gasteiger partial charge in [-0.1, -0.05) is 0 Å². The van der Waals surface area contributed by atoms with Crippen molar-refractivity contribution in [3.63, 3.8) is 0 Å². The first-order chi connectivity index (χ1) is 9.76. The van der Waals surface area contributed by atoms with Crippen molar-refractivity contribution >= 4 is 24.8 Å². The van der Waals surface area contributed by atoms with E-state index in [9.17, 15) is 0 Å². The van der Waals surface area contributed by atoms with Gasteiger partial charge in [0, 0.05) is 12.1 Å². The monoisotopic (exact) mass is 350 g/mol. The van der Waals surface area contributed by atoms with E-state index in [2.05, 4.69) is 11.0 Å². The number of nitrogens with zero attached hydrogens (tertiary/aromatic N) is 1. The molecule has 0 unspecified atom stereocenters. The summed E-state index contributed by atoms with van der Waals surface area (Å²) in [5, 5.41) is 0. The Hall–Kier alpha value is -0.680. The maximum Gasteiger partial charge on any atom is 0.123 e. The Bertz CT molecular complexity index is 425. The summed E-state index contributed by atoms with van der Waals surface area (Å²) in [6, 6.07) is 6.00. The molecule has 0 aliphatic carbocycles. The van der Waals surface area contributed by atoms with Crippen LogP contribution in [-0.4, -0.2) is 38.8 Å². The Morgan fingerprint density at radius 1 is 1.14 bits per heavy atom. The van der Waals surface area contributed by atoms with E-state index in [1.54, 1.807) is 14.2 Å². The highest BCUT2D eigenvalue weighted by Crippen LogP contribution is 2.27. The van der Waals surface area contributed by atoms with E-state index in [1.807, 2.05) is 12.1 Å². The minimum absolute atomic E-state index is 0. The van der Waals surface area contributed by atoms with Gasteiger partial charge < -0.3 is 15.2 Å². The average Bonchev–Trinajstić information content (AvgIpc) is 2.49. The predicted octanol–water partition coefficient (Wildman–Crippen LogP) is 3.11. The fourth-order valence-corrected chi connectivity index (χ4v) is 2.92. The van der Waals surface area contributed by atoms with E-state index < -0.39 is 0 Å². The van der Waals surface area contributed by atoms with Crippen LogP contribution in [-0.2, 0) is 6.54 Å². The molecule has 0 bridgehead atoms. The summed E-state index contributed by atoms with van der Waals surface area (Å²) in [7, 11) is 3.42. The largest absolute Gasteiger partial charge is 0.497 e. The summed E-state index contributed by atoms with van der Waals surface area (Å²) in [6.45, 7) is 4.03. The second kappa shape index (κ2) is 10.9. The first-order valence-electron chi connectivity index (χ1n) is 7.40. The minimum atomic E-state index is 0. The van der Waals surface area contributed by atoms with Crippen LogP contribution in [0.5, 0.6) is 11.5 Å². The van der Waals surface area contributed by atoms with Crippen LogP contribution in [0.25, 0.3) is 0 Å². The molecular formula is C16H28Cl2N2O2. The normalized spacial score (nSPS) is 15.6. The molecule has 1 fully saturated rings. The van der Waals surface area contributed by atoms with Crippen molar-refractivity contribution in [2.75, 3.05) is 33.9 Å². The van der Waals surface area contributed by atoms with Gasteiger partial charge in [-0.25, -0.2) is 0 Å². The van der Waals surface area contributed by atoms with E-state index >= 15 is 0 Å². The maximum absolute atomic E-state index is 5.64. The number of rotatable bonds is 6. The predicted molar refractivity (Wildman–Crippen MR) is 95.7 cm³/mol. The Kier molecular flexibility index (Phi) is 10.6. The second-order valence-corrected chi connectivity index (χ2v) is 5.47. The Morgan fingerprint density at radius 2 is 1.82 bits per heavy atom. The van der Waals surface area contributed by atoms with Crippen LogP contribution in [0, 0.1) is 5.92 Å². The van der Waals surface area contributed by atoms with Crippen molar-refractivity contribution in [3.8, 4) is 11.5 Å². The number of benzene rings is 1. The van der Waals surface area contributed by atoms with Gasteiger partial charge in [0.05, 0.1) is 14.2 Å². The van der Waals surface area contributed by atoms with Crippen molar-refractivity contribution in [2.45, 2.75) is 25.8 Å². The van der Waals surface area contributed by atoms with Gasteiger partial charge in [0.25, 0.3) is 0 Å². The van der Waals surface area contributed by atoms with Crippen molar-refractivity contribution in [1.29, 1.82) is 0 Å². The van der Waals surface area contributed by atoms with E-state index in [-0.39, 0.29) is 24.8 Å². The number of halogens is 2. The van der Waals surface area contributed by atoms with Crippen LogP contribution in [0.2, 0.25) is 0 Å². The number of methoxy groups -OCH3 is 2. The summed E-state index contributed by atoms with van der Waals surface area (Å²) in [5.74, 6) is 2.64. The summed E-state index contributed by atoms with van der Waals surface area (Å²) in [6.07, 6.45) is 3.67. The quantitative estimate of drug-likeness (QED) is 0.856. The lowest BCUT2D eigenvalue weighted by Crippen LogP contribution is -2.33. The molecule has 1 saturated heterocycles. The SMILES string of the molecule is COc1ccc(OC)c(CN2CCC(CCN)CC2)c1.Cl.Cl. The number of hydrogen-bond donors (Lipinski definition) is 1. The lowest BCUT2D eigenvalue weighted by Gasteiger charge is -2.32. The number of hydrogen-bond acceptors (Lipinski definition) is 4. The lowest BCUT2D eigenvalue weighted by atomic mass is 9.93. The third kappa shape index (κ3) is 5.84. The molecule has 1 heterocycles. The molecule has 0 aromatic heterocycles. The van der Waals surface area contributed by atoms with Crippen LogP contribution >= 0.6 is 24.8 Å². The molecule has 4 nitrogen and oxygen atoms in total. The third-order valence-electron chi connectivity index (χ3n) is 4.16. The summed E-state index contributed by atoms with van der Waals surface area (Å²) in [4.78, 5) is 2.49. The number of piperidine rings is 1. The number of likely N-dealkylation sites (tertiary alicyclic amines) is 1. The molecule has 0 spiro atoms. The smallest absolute Gasteiger partial charge is 0.123 e. The van der Waals surface area contributed by atoms with Crippen LogP contribution in [0.15, 0.2) is 18.2 Å². The second-order valence-electron chi connectivity index (χ2n) is 5.47. The molecule has 2 N–H and O–H groups in total. The fourth-order valence-electron chi connectivity index (χ4n) is 2.92. The third-order valence-corrected chi connectivity index (χ3v) is 4.16. The van der Waals surface area contributed by atoms with Gasteiger partial charge in [0.1, 0.15) is 11.5 Å². The van der Waals surface area contributed by atoms with Gasteiger partial charge in [0.2, 0.25) is 0 Å². The van der Waals surface area contributed by atoms with Gasteiger partial charge in [-0.05, 0) is 63.0 Å². The lowest BCUT2D eigenvalue weighted by molar-refractivity contribution is 0.172. The van der Waals surface area contributed by atoms with Gasteiger partial charge in [-0.3, -0.25) is 4.90 Å². The topological polar surface area (TPSA) is 47.7 Å². The summed E-state index contributed by atoms with van der Waals surface area (Å²) < 4.78 is 10.8. The fraction of sp³-hybridized carbons (Fsp3) is 0.625. The highest BCUT2D eigenvalue weighted by Gasteiger charge is 2.19. The van der Waals surface area contributed by atoms with Crippen LogP contribution < -0.4 is 15.2 Å². The van der Waals surface area contributed by atoms with Crippen molar-refractivity contribution < 1.29 is 9.47 Å². The highest BCUT2D eigenvalue weighted by atomic mass is 35.5. The van der Waals surface area contributed by atoms with Crippen molar-refractivity contribution in [2.24, 2.45) is 11.7 Å². The first kappa shape index (κ1) is 21.3. The van der Waals surface area contributed by atoms with Crippen LogP contribution in [0.1, 0.15) is 24.8 Å². The van der Waals surface area contributed by atoms with Gasteiger partial charge >= 0.3 is 0 Å². The van der Waals surface area contributed by atoms with Gasteiger partial charge in [0.15, 0.2) is 0 Å². The molecule has 6 heteroatoms. The zero-order chi connectivity index (χ0) is 14.4. The summed E-state index contributed by atoms with van der Waals surface area (Å²) in [5.41, 5.74) is 6.84. The molecular weight excluding hydrogens is 323 g/mol. The number of nitrogens with two attached hydrogens (primary N) is 1. The zero-order valence-corrected chi connectivity index (χ0v) is 15.0. The molecule has 128 valence electrons. The molecule has 2 rings (SSSR count). The van der Waals surface area contributed by atoms with E-state index in [0.717, 1.165) is 50.0 Å². The van der Waals surface area contributed by atoms with Crippen LogP contribution in [0.3, 0.4) is 0 Å². The Morgan fingerprint density at radius 3 is 2.36 bits per heavy atom. The highest BCUT2D eigenvalue weighted by molar-refractivity contribution is 5.85.